The molecule has 0 atom stereocenters. The average Bonchev–Trinajstić information content (AvgIpc) is 2.90. The molecular formula is C32H43I2O5S-. The van der Waals surface area contributed by atoms with Gasteiger partial charge in [0.2, 0.25) is 0 Å². The van der Waals surface area contributed by atoms with E-state index in [9.17, 15) is 13.0 Å². The molecule has 3 aromatic rings. The van der Waals surface area contributed by atoms with Crippen molar-refractivity contribution in [1.29, 1.82) is 0 Å². The fraction of sp³-hybridized carbons (Fsp3) is 0.438. The van der Waals surface area contributed by atoms with E-state index in [0.29, 0.717) is 0 Å². The van der Waals surface area contributed by atoms with Crippen molar-refractivity contribution in [2.75, 3.05) is 13.7 Å². The Morgan fingerprint density at radius 1 is 0.750 bits per heavy atom. The lowest BCUT2D eigenvalue weighted by Gasteiger charge is -2.06. The highest BCUT2D eigenvalue weighted by atomic mass is 127. The first-order chi connectivity index (χ1) is 18.6. The van der Waals surface area contributed by atoms with Crippen molar-refractivity contribution in [3.63, 3.8) is 0 Å². The molecule has 0 radical (unpaired) electrons. The van der Waals surface area contributed by atoms with E-state index in [1.54, 1.807) is 19.2 Å². The lowest BCUT2D eigenvalue weighted by Crippen LogP contribution is -3.62. The Kier molecular flexibility index (Phi) is 18.0. The van der Waals surface area contributed by atoms with Gasteiger partial charge in [-0.3, -0.25) is 0 Å². The van der Waals surface area contributed by atoms with E-state index in [2.05, 4.69) is 57.2 Å². The van der Waals surface area contributed by atoms with E-state index in [0.717, 1.165) is 30.1 Å². The summed E-state index contributed by atoms with van der Waals surface area (Å²) in [4.78, 5) is -0.178. The van der Waals surface area contributed by atoms with Crippen LogP contribution in [0.5, 0.6) is 11.5 Å². The molecule has 40 heavy (non-hydrogen) atoms. The Morgan fingerprint density at radius 3 is 1.77 bits per heavy atom. The molecule has 222 valence electrons. The number of benzene rings is 3. The molecule has 0 N–H and O–H groups in total. The fourth-order valence-electron chi connectivity index (χ4n) is 4.01. The fourth-order valence-corrected chi connectivity index (χ4v) is 6.98. The van der Waals surface area contributed by atoms with Crippen LogP contribution in [0.25, 0.3) is 0 Å². The molecule has 0 saturated carbocycles. The third kappa shape index (κ3) is 14.0. The molecule has 0 saturated heterocycles. The van der Waals surface area contributed by atoms with Crippen LogP contribution in [-0.4, -0.2) is 26.7 Å². The summed E-state index contributed by atoms with van der Waals surface area (Å²) in [7, 11) is -2.54. The molecule has 0 heterocycles. The van der Waals surface area contributed by atoms with Crippen molar-refractivity contribution < 1.29 is 67.6 Å². The molecule has 0 aliphatic carbocycles. The van der Waals surface area contributed by atoms with Gasteiger partial charge in [0.1, 0.15) is 21.6 Å². The standard InChI is InChI=1S/C25H36IO2.C7H8O3S.HI/c1-5-6-7-8-9-10-11-12-17-28-23-15-13-22(14-16-23)26-25-20(2)18-24(27-4)19-21(25)3;1-6-2-4-7(5-3-6)11(8,9)10;/h13-16,18-19H,5-12,17H2,1-4H3;2-5H,1H3,(H,8,9,10);1H/q+1;;/p-2. The van der Waals surface area contributed by atoms with Gasteiger partial charge < -0.3 is 38.0 Å². The molecule has 8 heteroatoms. The minimum atomic E-state index is -4.27. The van der Waals surface area contributed by atoms with E-state index in [-0.39, 0.29) is 50.1 Å². The van der Waals surface area contributed by atoms with Gasteiger partial charge in [0, 0.05) is 11.1 Å². The monoisotopic (exact) mass is 793 g/mol. The second-order valence-corrected chi connectivity index (χ2v) is 14.0. The van der Waals surface area contributed by atoms with Crippen molar-refractivity contribution >= 4 is 10.1 Å². The van der Waals surface area contributed by atoms with Crippen LogP contribution in [0, 0.1) is 27.9 Å². The molecule has 0 bridgehead atoms. The van der Waals surface area contributed by atoms with Crippen molar-refractivity contribution in [2.45, 2.75) is 84.0 Å². The van der Waals surface area contributed by atoms with Crippen LogP contribution in [-0.2, 0) is 10.1 Å². The quantitative estimate of drug-likeness (QED) is 0.142. The zero-order valence-corrected chi connectivity index (χ0v) is 29.5. The maximum Gasteiger partial charge on any atom is 0.358 e. The van der Waals surface area contributed by atoms with Gasteiger partial charge in [-0.1, -0.05) is 69.6 Å². The molecule has 0 aliphatic rings. The Hall–Kier alpha value is -1.37. The van der Waals surface area contributed by atoms with E-state index in [4.69, 9.17) is 9.47 Å². The largest absolute Gasteiger partial charge is 1.00 e. The predicted octanol–water partition coefficient (Wildman–Crippen LogP) is 1.86. The lowest BCUT2D eigenvalue weighted by molar-refractivity contribution is -0.598. The van der Waals surface area contributed by atoms with Gasteiger partial charge in [0.05, 0.1) is 18.6 Å². The van der Waals surface area contributed by atoms with Gasteiger partial charge in [-0.05, 0) is 75.7 Å². The third-order valence-corrected chi connectivity index (χ3v) is 10.7. The van der Waals surface area contributed by atoms with Gasteiger partial charge in [-0.2, -0.15) is 0 Å². The maximum atomic E-state index is 10.4. The average molecular weight is 794 g/mol. The number of halogens is 2. The van der Waals surface area contributed by atoms with E-state index < -0.39 is 10.1 Å². The number of ether oxygens (including phenoxy) is 2. The smallest absolute Gasteiger partial charge is 0.358 e. The van der Waals surface area contributed by atoms with Gasteiger partial charge in [0.25, 0.3) is 0 Å². The first-order valence-corrected chi connectivity index (χ1v) is 17.3. The number of hydrogen-bond acceptors (Lipinski definition) is 5. The van der Waals surface area contributed by atoms with E-state index in [1.807, 2.05) is 6.92 Å². The normalized spacial score (nSPS) is 10.8. The topological polar surface area (TPSA) is 75.7 Å². The van der Waals surface area contributed by atoms with Crippen LogP contribution in [0.1, 0.15) is 75.0 Å². The lowest BCUT2D eigenvalue weighted by atomic mass is 10.1. The zero-order chi connectivity index (χ0) is 28.7. The highest BCUT2D eigenvalue weighted by molar-refractivity contribution is 7.85. The van der Waals surface area contributed by atoms with Crippen LogP contribution in [0.3, 0.4) is 0 Å². The molecule has 0 fully saturated rings. The summed E-state index contributed by atoms with van der Waals surface area (Å²) in [6.45, 7) is 9.30. The summed E-state index contributed by atoms with van der Waals surface area (Å²) in [5.41, 5.74) is 3.59. The Bertz CT molecular complexity index is 1200. The molecule has 0 unspecified atom stereocenters. The Labute approximate surface area is 269 Å². The number of unbranched alkanes of at least 4 members (excludes halogenated alkanes) is 7. The first-order valence-electron chi connectivity index (χ1n) is 13.7. The zero-order valence-electron chi connectivity index (χ0n) is 24.3. The highest BCUT2D eigenvalue weighted by Gasteiger charge is 2.22. The van der Waals surface area contributed by atoms with Crippen LogP contribution >= 0.6 is 0 Å². The minimum absolute atomic E-state index is 0. The van der Waals surface area contributed by atoms with Crippen LogP contribution in [0.2, 0.25) is 0 Å². The molecule has 3 aromatic carbocycles. The molecule has 0 amide bonds. The molecule has 3 rings (SSSR count). The maximum absolute atomic E-state index is 10.4. The number of hydrogen-bond donors (Lipinski definition) is 0. The SMILES string of the molecule is CCCCCCCCCCOc1ccc([I+]c2c(C)cc(OC)cc2C)cc1.Cc1ccc(S(=O)(=O)[O-])cc1.[I-]. The summed E-state index contributed by atoms with van der Waals surface area (Å²) in [6.07, 6.45) is 10.7. The van der Waals surface area contributed by atoms with E-state index >= 15 is 0 Å². The van der Waals surface area contributed by atoms with Gasteiger partial charge in [0.15, 0.2) is 7.14 Å². The van der Waals surface area contributed by atoms with Crippen molar-refractivity contribution in [2.24, 2.45) is 0 Å². The number of aryl methyl sites for hydroxylation is 3. The van der Waals surface area contributed by atoms with Gasteiger partial charge >= 0.3 is 21.2 Å². The van der Waals surface area contributed by atoms with Crippen molar-refractivity contribution in [1.82, 2.24) is 0 Å². The van der Waals surface area contributed by atoms with Crippen molar-refractivity contribution in [3.8, 4) is 11.5 Å². The summed E-state index contributed by atoms with van der Waals surface area (Å²) >= 11 is -0.186. The van der Waals surface area contributed by atoms with Crippen molar-refractivity contribution in [3.05, 3.63) is 84.5 Å². The number of methoxy groups -OCH3 is 1. The summed E-state index contributed by atoms with van der Waals surface area (Å²) in [6, 6.07) is 18.8. The summed E-state index contributed by atoms with van der Waals surface area (Å²) in [5.74, 6) is 1.95. The number of rotatable bonds is 14. The Balaban J connectivity index is 0.000000559. The molecule has 5 nitrogen and oxygen atoms in total. The van der Waals surface area contributed by atoms with Crippen LogP contribution in [0.15, 0.2) is 65.6 Å². The predicted molar refractivity (Wildman–Crippen MR) is 154 cm³/mol. The molecular weight excluding hydrogens is 750 g/mol. The third-order valence-electron chi connectivity index (χ3n) is 6.24. The van der Waals surface area contributed by atoms with E-state index in [1.165, 1.54) is 75.3 Å². The second kappa shape index (κ2) is 19.7. The van der Waals surface area contributed by atoms with Crippen LogP contribution in [0.4, 0.5) is 0 Å². The first kappa shape index (κ1) is 36.7. The molecule has 0 aromatic heterocycles. The Morgan fingerprint density at radius 2 is 1.27 bits per heavy atom. The minimum Gasteiger partial charge on any atom is -1.00 e. The molecule has 0 aliphatic heterocycles. The second-order valence-electron chi connectivity index (χ2n) is 9.71. The summed E-state index contributed by atoms with van der Waals surface area (Å²) < 4.78 is 45.4. The van der Waals surface area contributed by atoms with Gasteiger partial charge in [-0.25, -0.2) is 8.42 Å². The van der Waals surface area contributed by atoms with Gasteiger partial charge in [-0.15, -0.1) is 0 Å². The summed E-state index contributed by atoms with van der Waals surface area (Å²) in [5, 5.41) is 0. The highest BCUT2D eigenvalue weighted by Crippen LogP contribution is 2.16. The molecule has 0 spiro atoms. The van der Waals surface area contributed by atoms with Crippen LogP contribution < -0.4 is 54.7 Å².